The number of hydrogen-bond acceptors (Lipinski definition) is 4. The number of imide groups is 1. The Kier molecular flexibility index (Phi) is 4.14. The summed E-state index contributed by atoms with van der Waals surface area (Å²) in [5.41, 5.74) is 0.746. The molecule has 1 aromatic rings. The zero-order valence-corrected chi connectivity index (χ0v) is 12.4. The number of rotatable bonds is 4. The maximum atomic E-state index is 12.4. The Morgan fingerprint density at radius 2 is 1.71 bits per heavy atom. The highest BCUT2D eigenvalue weighted by Crippen LogP contribution is 2.28. The minimum atomic E-state index is -1.23. The molecule has 0 aliphatic carbocycles. The quantitative estimate of drug-likeness (QED) is 0.369. The van der Waals surface area contributed by atoms with Crippen molar-refractivity contribution in [1.29, 1.82) is 0 Å². The number of amides is 2. The van der Waals surface area contributed by atoms with Crippen molar-refractivity contribution in [3.8, 4) is 0 Å². The smallest absolute Gasteiger partial charge is 0.333 e. The van der Waals surface area contributed by atoms with Gasteiger partial charge in [-0.1, -0.05) is 18.7 Å². The second-order valence-electron chi connectivity index (χ2n) is 4.64. The fourth-order valence-corrected chi connectivity index (χ4v) is 2.31. The highest BCUT2D eigenvalue weighted by molar-refractivity contribution is 6.25. The Hall–Kier alpha value is -2.14. The van der Waals surface area contributed by atoms with E-state index >= 15 is 0 Å². The van der Waals surface area contributed by atoms with Crippen LogP contribution < -0.4 is 0 Å². The van der Waals surface area contributed by atoms with Gasteiger partial charge in [-0.15, -0.1) is 11.6 Å². The van der Waals surface area contributed by atoms with Crippen LogP contribution in [0.25, 0.3) is 0 Å². The lowest BCUT2D eigenvalue weighted by Gasteiger charge is -2.26. The topological polar surface area (TPSA) is 63.7 Å². The van der Waals surface area contributed by atoms with Gasteiger partial charge in [0.2, 0.25) is 0 Å². The van der Waals surface area contributed by atoms with Crippen LogP contribution in [-0.4, -0.2) is 41.2 Å². The molecule has 2 atom stereocenters. The van der Waals surface area contributed by atoms with Crippen molar-refractivity contribution >= 4 is 29.4 Å². The summed E-state index contributed by atoms with van der Waals surface area (Å²) < 4.78 is 4.69. The molecule has 1 heterocycles. The number of ether oxygens (including phenoxy) is 1. The number of benzene rings is 1. The molecule has 0 saturated heterocycles. The predicted molar refractivity (Wildman–Crippen MR) is 77.2 cm³/mol. The molecule has 5 nitrogen and oxygen atoms in total. The summed E-state index contributed by atoms with van der Waals surface area (Å²) >= 11 is 5.95. The summed E-state index contributed by atoms with van der Waals surface area (Å²) in [4.78, 5) is 37.7. The molecule has 0 radical (unpaired) electrons. The van der Waals surface area contributed by atoms with E-state index < -0.39 is 29.2 Å². The zero-order chi connectivity index (χ0) is 15.7. The van der Waals surface area contributed by atoms with Crippen LogP contribution in [0.2, 0.25) is 0 Å². The number of methoxy groups -OCH3 is 1. The Bertz CT molecular complexity index is 603. The minimum Gasteiger partial charge on any atom is -0.467 e. The summed E-state index contributed by atoms with van der Waals surface area (Å²) in [6, 6.07) is 5.15. The summed E-state index contributed by atoms with van der Waals surface area (Å²) in [7, 11) is 1.18. The van der Waals surface area contributed by atoms with Crippen LogP contribution in [0.1, 0.15) is 27.6 Å². The van der Waals surface area contributed by atoms with E-state index in [2.05, 4.69) is 11.3 Å². The molecule has 0 fully saturated rings. The molecular weight excluding hydrogens is 294 g/mol. The Morgan fingerprint density at radius 3 is 2.10 bits per heavy atom. The minimum absolute atomic E-state index is 0.234. The second kappa shape index (κ2) is 5.69. The Labute approximate surface area is 127 Å². The van der Waals surface area contributed by atoms with E-state index in [1.165, 1.54) is 19.2 Å². The van der Waals surface area contributed by atoms with Crippen molar-refractivity contribution in [2.24, 2.45) is 0 Å². The van der Waals surface area contributed by atoms with Crippen molar-refractivity contribution in [3.63, 3.8) is 0 Å². The van der Waals surface area contributed by atoms with Gasteiger partial charge in [0.05, 0.1) is 23.6 Å². The average Bonchev–Trinajstić information content (AvgIpc) is 2.72. The number of halogens is 1. The van der Waals surface area contributed by atoms with E-state index in [1.807, 2.05) is 0 Å². The average molecular weight is 308 g/mol. The number of esters is 1. The highest BCUT2D eigenvalue weighted by atomic mass is 35.5. The number of carbonyl (C=O) groups excluding carboxylic acids is 3. The number of fused-ring (bicyclic) bond motifs is 1. The molecule has 1 aromatic carbocycles. The molecule has 0 saturated carbocycles. The van der Waals surface area contributed by atoms with Gasteiger partial charge in [-0.3, -0.25) is 14.5 Å². The zero-order valence-electron chi connectivity index (χ0n) is 11.6. The van der Waals surface area contributed by atoms with Crippen LogP contribution in [0.4, 0.5) is 0 Å². The van der Waals surface area contributed by atoms with Gasteiger partial charge < -0.3 is 4.74 Å². The van der Waals surface area contributed by atoms with Gasteiger partial charge in [0.15, 0.2) is 6.04 Å². The van der Waals surface area contributed by atoms with Crippen molar-refractivity contribution < 1.29 is 19.1 Å². The molecule has 21 heavy (non-hydrogen) atoms. The fraction of sp³-hybridized carbons (Fsp3) is 0.267. The maximum absolute atomic E-state index is 12.4. The van der Waals surface area contributed by atoms with E-state index in [1.54, 1.807) is 19.1 Å². The number of carbonyl (C=O) groups is 3. The monoisotopic (exact) mass is 307 g/mol. The van der Waals surface area contributed by atoms with E-state index in [0.29, 0.717) is 0 Å². The van der Waals surface area contributed by atoms with Crippen LogP contribution in [-0.2, 0) is 9.53 Å². The number of nitrogens with zero attached hydrogens (tertiary/aromatic N) is 1. The molecule has 110 valence electrons. The molecular formula is C15H14ClNO4. The first kappa shape index (κ1) is 15.3. The van der Waals surface area contributed by atoms with Crippen LogP contribution in [0, 0.1) is 0 Å². The molecule has 0 N–H and O–H groups in total. The molecule has 6 heteroatoms. The van der Waals surface area contributed by atoms with Crippen molar-refractivity contribution in [1.82, 2.24) is 4.90 Å². The molecule has 0 unspecified atom stereocenters. The maximum Gasteiger partial charge on any atom is 0.333 e. The standard InChI is InChI=1S/C15H14ClNO4/c1-8(9(2)16)12(15(20)21-3)17-13(18)10-6-4-5-7-11(10)14(17)19/h4-7,9,12H,1H2,2-3H3/t9-,12-/m0/s1. The molecule has 2 rings (SSSR count). The molecule has 2 amide bonds. The molecule has 1 aliphatic rings. The van der Waals surface area contributed by atoms with Gasteiger partial charge in [-0.05, 0) is 24.6 Å². The van der Waals surface area contributed by atoms with E-state index in [-0.39, 0.29) is 16.7 Å². The summed E-state index contributed by atoms with van der Waals surface area (Å²) in [5.74, 6) is -1.85. The van der Waals surface area contributed by atoms with Crippen LogP contribution in [0.3, 0.4) is 0 Å². The Balaban J connectivity index is 2.48. The first-order valence-corrected chi connectivity index (χ1v) is 6.71. The normalized spacial score (nSPS) is 16.4. The molecule has 0 bridgehead atoms. The fourth-order valence-electron chi connectivity index (χ4n) is 2.19. The number of alkyl halides is 1. The van der Waals surface area contributed by atoms with E-state index in [0.717, 1.165) is 4.90 Å². The van der Waals surface area contributed by atoms with Crippen LogP contribution in [0.5, 0.6) is 0 Å². The van der Waals surface area contributed by atoms with Crippen molar-refractivity contribution in [2.75, 3.05) is 7.11 Å². The lowest BCUT2D eigenvalue weighted by atomic mass is 10.0. The van der Waals surface area contributed by atoms with Crippen LogP contribution in [0.15, 0.2) is 36.4 Å². The summed E-state index contributed by atoms with van der Waals surface area (Å²) in [6.07, 6.45) is 0. The summed E-state index contributed by atoms with van der Waals surface area (Å²) in [5, 5.41) is -0.599. The third-order valence-electron chi connectivity index (χ3n) is 3.37. The highest BCUT2D eigenvalue weighted by Gasteiger charge is 2.44. The van der Waals surface area contributed by atoms with Crippen molar-refractivity contribution in [3.05, 3.63) is 47.5 Å². The molecule has 0 spiro atoms. The Morgan fingerprint density at radius 1 is 1.24 bits per heavy atom. The van der Waals surface area contributed by atoms with E-state index in [4.69, 9.17) is 11.6 Å². The first-order chi connectivity index (χ1) is 9.90. The molecule has 1 aliphatic heterocycles. The van der Waals surface area contributed by atoms with Gasteiger partial charge in [-0.2, -0.15) is 0 Å². The first-order valence-electron chi connectivity index (χ1n) is 6.27. The largest absolute Gasteiger partial charge is 0.467 e. The number of hydrogen-bond donors (Lipinski definition) is 0. The van der Waals surface area contributed by atoms with Gasteiger partial charge in [0.25, 0.3) is 11.8 Å². The SMILES string of the molecule is C=C([C@@H](C(=O)OC)N1C(=O)c2ccccc2C1=O)[C@H](C)Cl. The summed E-state index contributed by atoms with van der Waals surface area (Å²) in [6.45, 7) is 5.33. The van der Waals surface area contributed by atoms with Crippen molar-refractivity contribution in [2.45, 2.75) is 18.3 Å². The van der Waals surface area contributed by atoms with Gasteiger partial charge >= 0.3 is 5.97 Å². The van der Waals surface area contributed by atoms with Crippen LogP contribution >= 0.6 is 11.6 Å². The van der Waals surface area contributed by atoms with Gasteiger partial charge in [0, 0.05) is 0 Å². The predicted octanol–water partition coefficient (Wildman–Crippen LogP) is 2.01. The third-order valence-corrected chi connectivity index (χ3v) is 3.65. The van der Waals surface area contributed by atoms with Gasteiger partial charge in [-0.25, -0.2) is 4.79 Å². The second-order valence-corrected chi connectivity index (χ2v) is 5.30. The van der Waals surface area contributed by atoms with Gasteiger partial charge in [0.1, 0.15) is 0 Å². The van der Waals surface area contributed by atoms with E-state index in [9.17, 15) is 14.4 Å². The third kappa shape index (κ3) is 2.45. The lowest BCUT2D eigenvalue weighted by molar-refractivity contribution is -0.144. The lowest BCUT2D eigenvalue weighted by Crippen LogP contribution is -2.47. The molecule has 0 aromatic heterocycles.